The molecule has 0 aliphatic rings. The first-order valence-electron chi connectivity index (χ1n) is 7.29. The van der Waals surface area contributed by atoms with Gasteiger partial charge in [0.25, 0.3) is 0 Å². The lowest BCUT2D eigenvalue weighted by Crippen LogP contribution is -2.34. The monoisotopic (exact) mass is 348 g/mol. The third-order valence-corrected chi connectivity index (χ3v) is 2.87. The number of ether oxygens (including phenoxy) is 2. The Morgan fingerprint density at radius 2 is 1.96 bits per heavy atom. The molecule has 0 atom stereocenters. The first kappa shape index (κ1) is 18.2. The highest BCUT2D eigenvalue weighted by Crippen LogP contribution is 2.27. The summed E-state index contributed by atoms with van der Waals surface area (Å²) in [4.78, 5) is 31.5. The molecule has 1 amide bonds. The summed E-state index contributed by atoms with van der Waals surface area (Å²) in [5.74, 6) is -0.674. The average molecular weight is 348 g/mol. The Balaban J connectivity index is 2.18. The molecule has 0 bridgehead atoms. The van der Waals surface area contributed by atoms with Crippen molar-refractivity contribution in [1.29, 1.82) is 0 Å². The highest BCUT2D eigenvalue weighted by molar-refractivity contribution is 5.86. The molecule has 0 fully saturated rings. The van der Waals surface area contributed by atoms with E-state index in [9.17, 15) is 14.1 Å². The first-order valence-corrected chi connectivity index (χ1v) is 7.29. The molecule has 25 heavy (non-hydrogen) atoms. The largest absolute Gasteiger partial charge is 0.443 e. The second-order valence-corrected chi connectivity index (χ2v) is 6.06. The van der Waals surface area contributed by atoms with E-state index >= 15 is 0 Å². The smallest absolute Gasteiger partial charge is 0.415 e. The van der Waals surface area contributed by atoms with E-state index in [1.165, 1.54) is 36.5 Å². The van der Waals surface area contributed by atoms with Crippen LogP contribution in [0.1, 0.15) is 20.8 Å². The van der Waals surface area contributed by atoms with Crippen molar-refractivity contribution in [3.63, 3.8) is 0 Å². The van der Waals surface area contributed by atoms with Crippen molar-refractivity contribution in [3.05, 3.63) is 41.3 Å². The minimum atomic E-state index is -0.766. The minimum absolute atomic E-state index is 0.0196. The normalized spacial score (nSPS) is 10.9. The van der Waals surface area contributed by atoms with Gasteiger partial charge in [0, 0.05) is 19.2 Å². The van der Waals surface area contributed by atoms with Crippen LogP contribution in [0.5, 0.6) is 11.6 Å². The quantitative estimate of drug-likeness (QED) is 0.770. The molecule has 0 saturated carbocycles. The topological polar surface area (TPSA) is 94.0 Å². The van der Waals surface area contributed by atoms with Gasteiger partial charge in [-0.1, -0.05) is 0 Å². The number of anilines is 1. The lowest BCUT2D eigenvalue weighted by Gasteiger charge is -2.24. The highest BCUT2D eigenvalue weighted by atomic mass is 19.1. The van der Waals surface area contributed by atoms with E-state index in [1.54, 1.807) is 20.8 Å². The van der Waals surface area contributed by atoms with Crippen LogP contribution in [0.3, 0.4) is 0 Å². The van der Waals surface area contributed by atoms with E-state index in [4.69, 9.17) is 9.47 Å². The van der Waals surface area contributed by atoms with Gasteiger partial charge in [0.15, 0.2) is 11.6 Å². The van der Waals surface area contributed by atoms with E-state index in [0.29, 0.717) is 0 Å². The number of hydrogen-bond donors (Lipinski definition) is 0. The number of carbonyl (C=O) groups excluding carboxylic acids is 1. The fourth-order valence-corrected chi connectivity index (χ4v) is 1.74. The lowest BCUT2D eigenvalue weighted by atomic mass is 10.2. The Hall–Kier alpha value is -3.10. The molecule has 132 valence electrons. The van der Waals surface area contributed by atoms with E-state index in [1.807, 2.05) is 0 Å². The predicted octanol–water partition coefficient (Wildman–Crippen LogP) is 4.18. The van der Waals surface area contributed by atoms with Crippen LogP contribution in [0.2, 0.25) is 0 Å². The molecule has 8 nitrogen and oxygen atoms in total. The van der Waals surface area contributed by atoms with Crippen LogP contribution in [0.25, 0.3) is 0 Å². The fraction of sp³-hybridized carbons (Fsp3) is 0.312. The first-order chi connectivity index (χ1) is 11.7. The van der Waals surface area contributed by atoms with E-state index in [-0.39, 0.29) is 23.1 Å². The van der Waals surface area contributed by atoms with Crippen molar-refractivity contribution in [2.45, 2.75) is 26.4 Å². The van der Waals surface area contributed by atoms with Crippen molar-refractivity contribution >= 4 is 17.6 Å². The molecule has 0 saturated heterocycles. The second-order valence-electron chi connectivity index (χ2n) is 6.06. The number of nitroso groups, excluding NO2 is 1. The van der Waals surface area contributed by atoms with Crippen LogP contribution in [0.4, 0.5) is 20.7 Å². The van der Waals surface area contributed by atoms with Gasteiger partial charge in [-0.05, 0) is 38.1 Å². The van der Waals surface area contributed by atoms with Crippen LogP contribution in [-0.4, -0.2) is 28.7 Å². The number of nitrogens with zero attached hydrogens (tertiary/aromatic N) is 4. The van der Waals surface area contributed by atoms with Crippen molar-refractivity contribution in [3.8, 4) is 11.6 Å². The molecular weight excluding hydrogens is 331 g/mol. The Morgan fingerprint density at radius 1 is 1.24 bits per heavy atom. The number of carbonyl (C=O) groups is 1. The van der Waals surface area contributed by atoms with Gasteiger partial charge in [0.1, 0.15) is 23.4 Å². The summed E-state index contributed by atoms with van der Waals surface area (Å²) in [5, 5.41) is 2.64. The molecule has 0 N–H and O–H groups in total. The molecule has 2 rings (SSSR count). The molecule has 1 heterocycles. The van der Waals surface area contributed by atoms with Gasteiger partial charge in [-0.3, -0.25) is 4.90 Å². The van der Waals surface area contributed by atoms with Gasteiger partial charge < -0.3 is 9.47 Å². The van der Waals surface area contributed by atoms with Crippen LogP contribution in [0.15, 0.2) is 35.8 Å². The molecular formula is C16H17FN4O4. The predicted molar refractivity (Wildman–Crippen MR) is 88.6 cm³/mol. The maximum Gasteiger partial charge on any atom is 0.415 e. The molecule has 0 aliphatic heterocycles. The third-order valence-electron chi connectivity index (χ3n) is 2.87. The summed E-state index contributed by atoms with van der Waals surface area (Å²) >= 11 is 0. The van der Waals surface area contributed by atoms with E-state index in [0.717, 1.165) is 6.07 Å². The maximum absolute atomic E-state index is 13.8. The second kappa shape index (κ2) is 7.20. The zero-order chi connectivity index (χ0) is 18.6. The van der Waals surface area contributed by atoms with Crippen molar-refractivity contribution < 1.29 is 18.7 Å². The molecule has 0 radical (unpaired) electrons. The van der Waals surface area contributed by atoms with Crippen LogP contribution >= 0.6 is 0 Å². The summed E-state index contributed by atoms with van der Waals surface area (Å²) in [6.45, 7) is 5.23. The number of halogens is 1. The van der Waals surface area contributed by atoms with E-state index in [2.05, 4.69) is 15.1 Å². The summed E-state index contributed by atoms with van der Waals surface area (Å²) in [7, 11) is 1.48. The summed E-state index contributed by atoms with van der Waals surface area (Å²) < 4.78 is 24.4. The molecule has 9 heteroatoms. The van der Waals surface area contributed by atoms with Gasteiger partial charge >= 0.3 is 6.09 Å². The van der Waals surface area contributed by atoms with Gasteiger partial charge in [0.2, 0.25) is 5.88 Å². The zero-order valence-corrected chi connectivity index (χ0v) is 14.2. The Kier molecular flexibility index (Phi) is 5.26. The fourth-order valence-electron chi connectivity index (χ4n) is 1.74. The van der Waals surface area contributed by atoms with Crippen molar-refractivity contribution in [2.24, 2.45) is 5.18 Å². The number of amides is 1. The number of rotatable bonds is 4. The SMILES string of the molecule is CN(C(=O)OC(C)(C)C)c1cc(Oc2ccc(N=O)cc2F)ncn1. The van der Waals surface area contributed by atoms with Crippen LogP contribution in [-0.2, 0) is 4.74 Å². The zero-order valence-electron chi connectivity index (χ0n) is 14.2. The van der Waals surface area contributed by atoms with Crippen molar-refractivity contribution in [2.75, 3.05) is 11.9 Å². The van der Waals surface area contributed by atoms with E-state index < -0.39 is 17.5 Å². The average Bonchev–Trinajstić information content (AvgIpc) is 2.54. The molecule has 1 aromatic heterocycles. The third kappa shape index (κ3) is 4.93. The molecule has 0 spiro atoms. The maximum atomic E-state index is 13.8. The van der Waals surface area contributed by atoms with Gasteiger partial charge in [0.05, 0.1) is 0 Å². The summed E-state index contributed by atoms with van der Waals surface area (Å²) in [6, 6.07) is 4.86. The standard InChI is InChI=1S/C16H17FN4O4/c1-16(2,3)25-15(22)21(4)13-8-14(19-9-18-13)24-12-6-5-10(20-23)7-11(12)17/h5-9H,1-4H3. The number of aromatic nitrogens is 2. The minimum Gasteiger partial charge on any atom is -0.443 e. The molecule has 2 aromatic rings. The van der Waals surface area contributed by atoms with Crippen LogP contribution < -0.4 is 9.64 Å². The number of benzene rings is 1. The Morgan fingerprint density at radius 3 is 2.56 bits per heavy atom. The van der Waals surface area contributed by atoms with Crippen LogP contribution in [0, 0.1) is 10.7 Å². The van der Waals surface area contributed by atoms with Crippen molar-refractivity contribution in [1.82, 2.24) is 9.97 Å². The molecule has 1 aromatic carbocycles. The summed E-state index contributed by atoms with van der Waals surface area (Å²) in [5.41, 5.74) is -0.715. The lowest BCUT2D eigenvalue weighted by molar-refractivity contribution is 0.0588. The van der Waals surface area contributed by atoms with Gasteiger partial charge in [-0.25, -0.2) is 19.2 Å². The Bertz CT molecular complexity index is 792. The van der Waals surface area contributed by atoms with Gasteiger partial charge in [-0.2, -0.15) is 0 Å². The van der Waals surface area contributed by atoms with Gasteiger partial charge in [-0.15, -0.1) is 4.91 Å². The Labute approximate surface area is 143 Å². The molecule has 0 unspecified atom stereocenters. The highest BCUT2D eigenvalue weighted by Gasteiger charge is 2.22. The summed E-state index contributed by atoms with van der Waals surface area (Å²) in [6.07, 6.45) is 0.565. The molecule has 0 aliphatic carbocycles. The number of hydrogen-bond acceptors (Lipinski definition) is 7.